The first kappa shape index (κ1) is 28.2. The Morgan fingerprint density at radius 2 is 0.625 bits per heavy atom. The molecule has 0 saturated carbocycles. The summed E-state index contributed by atoms with van der Waals surface area (Å²) in [6.45, 7) is 0. The summed E-state index contributed by atoms with van der Waals surface area (Å²) in [6, 6.07) is 61.4. The minimum atomic E-state index is -0.879. The number of aromatic carboxylic acids is 1. The van der Waals surface area contributed by atoms with Crippen molar-refractivity contribution < 1.29 is 9.90 Å². The SMILES string of the molecule is O=C(O)c1ccccc1.c1ccc(-c2ccccc2)cc1.c1ccc(P(c2ccccc2)c2ccccc2)cc1. The first-order chi connectivity index (χ1) is 19.7. The molecule has 0 bridgehead atoms. The maximum absolute atomic E-state index is 10.2. The maximum atomic E-state index is 10.2. The number of rotatable bonds is 5. The largest absolute Gasteiger partial charge is 0.478 e. The molecule has 3 heteroatoms. The highest BCUT2D eigenvalue weighted by Crippen LogP contribution is 2.32. The van der Waals surface area contributed by atoms with Gasteiger partial charge in [0, 0.05) is 0 Å². The Balaban J connectivity index is 0.000000151. The van der Waals surface area contributed by atoms with Gasteiger partial charge in [0.2, 0.25) is 0 Å². The van der Waals surface area contributed by atoms with Crippen LogP contribution in [0.4, 0.5) is 0 Å². The van der Waals surface area contributed by atoms with E-state index in [4.69, 9.17) is 5.11 Å². The molecule has 40 heavy (non-hydrogen) atoms. The van der Waals surface area contributed by atoms with Gasteiger partial charge in [-0.3, -0.25) is 0 Å². The highest BCUT2D eigenvalue weighted by Gasteiger charge is 2.15. The Morgan fingerprint density at radius 1 is 0.375 bits per heavy atom. The third kappa shape index (κ3) is 8.63. The Kier molecular flexibility index (Phi) is 11.0. The number of hydrogen-bond donors (Lipinski definition) is 1. The molecule has 6 rings (SSSR count). The van der Waals surface area contributed by atoms with Crippen molar-refractivity contribution in [3.05, 3.63) is 188 Å². The van der Waals surface area contributed by atoms with Crippen LogP contribution in [0.5, 0.6) is 0 Å². The number of carboxylic acid groups (broad SMARTS) is 1. The Hall–Kier alpha value is -4.78. The van der Waals surface area contributed by atoms with Crippen molar-refractivity contribution in [2.75, 3.05) is 0 Å². The predicted molar refractivity (Wildman–Crippen MR) is 170 cm³/mol. The molecule has 0 aliphatic rings. The van der Waals surface area contributed by atoms with Crippen LogP contribution < -0.4 is 15.9 Å². The van der Waals surface area contributed by atoms with Crippen molar-refractivity contribution in [1.82, 2.24) is 0 Å². The number of hydrogen-bond acceptors (Lipinski definition) is 1. The van der Waals surface area contributed by atoms with Crippen molar-refractivity contribution in [2.24, 2.45) is 0 Å². The predicted octanol–water partition coefficient (Wildman–Crippen LogP) is 8.18. The normalized spacial score (nSPS) is 9.93. The molecule has 0 radical (unpaired) electrons. The van der Waals surface area contributed by atoms with E-state index in [2.05, 4.69) is 140 Å². The maximum Gasteiger partial charge on any atom is 0.335 e. The van der Waals surface area contributed by atoms with Crippen LogP contribution in [0.1, 0.15) is 10.4 Å². The Morgan fingerprint density at radius 3 is 0.875 bits per heavy atom. The molecular formula is C37H31O2P. The van der Waals surface area contributed by atoms with Crippen LogP contribution in [-0.4, -0.2) is 11.1 Å². The molecule has 0 amide bonds. The van der Waals surface area contributed by atoms with Gasteiger partial charge in [0.1, 0.15) is 0 Å². The summed E-state index contributed by atoms with van der Waals surface area (Å²) >= 11 is 0. The zero-order valence-electron chi connectivity index (χ0n) is 22.1. The van der Waals surface area contributed by atoms with Gasteiger partial charge >= 0.3 is 5.97 Å². The van der Waals surface area contributed by atoms with E-state index < -0.39 is 13.9 Å². The average Bonchev–Trinajstić information content (AvgIpc) is 3.05. The monoisotopic (exact) mass is 538 g/mol. The van der Waals surface area contributed by atoms with Crippen LogP contribution in [0.15, 0.2) is 182 Å². The van der Waals surface area contributed by atoms with E-state index in [0.717, 1.165) is 0 Å². The van der Waals surface area contributed by atoms with Crippen LogP contribution in [0.2, 0.25) is 0 Å². The van der Waals surface area contributed by atoms with Crippen molar-refractivity contribution in [2.45, 2.75) is 0 Å². The highest BCUT2D eigenvalue weighted by atomic mass is 31.1. The first-order valence-electron chi connectivity index (χ1n) is 13.1. The first-order valence-corrected chi connectivity index (χ1v) is 14.4. The second-order valence-corrected chi connectivity index (χ2v) is 11.0. The molecule has 196 valence electrons. The molecule has 0 atom stereocenters. The second-order valence-electron chi connectivity index (χ2n) is 8.75. The van der Waals surface area contributed by atoms with Gasteiger partial charge in [-0.15, -0.1) is 0 Å². The summed E-state index contributed by atoms with van der Waals surface area (Å²) < 4.78 is 0. The Bertz CT molecular complexity index is 1390. The quantitative estimate of drug-likeness (QED) is 0.225. The van der Waals surface area contributed by atoms with Gasteiger partial charge in [-0.2, -0.15) is 0 Å². The fraction of sp³-hybridized carbons (Fsp3) is 0. The number of carbonyl (C=O) groups is 1. The van der Waals surface area contributed by atoms with Crippen LogP contribution in [0, 0.1) is 0 Å². The zero-order chi connectivity index (χ0) is 27.8. The smallest absolute Gasteiger partial charge is 0.335 e. The fourth-order valence-electron chi connectivity index (χ4n) is 4.02. The van der Waals surface area contributed by atoms with Crippen molar-refractivity contribution >= 4 is 29.8 Å². The van der Waals surface area contributed by atoms with Crippen LogP contribution in [0.3, 0.4) is 0 Å². The Labute approximate surface area is 238 Å². The van der Waals surface area contributed by atoms with Gasteiger partial charge in [-0.1, -0.05) is 170 Å². The molecule has 2 nitrogen and oxygen atoms in total. The summed E-state index contributed by atoms with van der Waals surface area (Å²) in [5.41, 5.74) is 2.88. The molecule has 0 aliphatic carbocycles. The van der Waals surface area contributed by atoms with E-state index in [0.29, 0.717) is 5.56 Å². The minimum absolute atomic E-state index is 0.331. The van der Waals surface area contributed by atoms with Gasteiger partial charge < -0.3 is 5.11 Å². The van der Waals surface area contributed by atoms with Crippen molar-refractivity contribution in [1.29, 1.82) is 0 Å². The standard InChI is InChI=1S/C18H15P.C12H10.C7H6O2/c1-4-10-16(11-5-1)19(17-12-6-2-7-13-17)18-14-8-3-9-15-18;1-3-7-11(8-4-1)12-9-5-2-6-10-12;8-7(9)6-4-2-1-3-5-6/h1-15H;1-10H;1-5H,(H,8,9). The van der Waals surface area contributed by atoms with Crippen LogP contribution in [-0.2, 0) is 0 Å². The van der Waals surface area contributed by atoms with Crippen molar-refractivity contribution in [3.8, 4) is 11.1 Å². The molecule has 0 aliphatic heterocycles. The molecule has 0 heterocycles. The molecule has 0 spiro atoms. The molecule has 1 N–H and O–H groups in total. The van der Waals surface area contributed by atoms with Gasteiger partial charge in [-0.05, 0) is 47.1 Å². The molecule has 0 unspecified atom stereocenters. The van der Waals surface area contributed by atoms with Crippen LogP contribution >= 0.6 is 7.92 Å². The van der Waals surface area contributed by atoms with E-state index in [1.807, 2.05) is 12.1 Å². The molecule has 0 saturated heterocycles. The zero-order valence-corrected chi connectivity index (χ0v) is 23.0. The van der Waals surface area contributed by atoms with Gasteiger partial charge in [0.05, 0.1) is 5.56 Å². The molecule has 0 aromatic heterocycles. The van der Waals surface area contributed by atoms with Gasteiger partial charge in [0.15, 0.2) is 0 Å². The van der Waals surface area contributed by atoms with E-state index >= 15 is 0 Å². The number of benzene rings is 6. The summed E-state index contributed by atoms with van der Waals surface area (Å²) in [5.74, 6) is -0.879. The summed E-state index contributed by atoms with van der Waals surface area (Å²) in [6.07, 6.45) is 0. The van der Waals surface area contributed by atoms with E-state index in [1.165, 1.54) is 27.0 Å². The van der Waals surface area contributed by atoms with Gasteiger partial charge in [-0.25, -0.2) is 4.79 Å². The van der Waals surface area contributed by atoms with Crippen LogP contribution in [0.25, 0.3) is 11.1 Å². The second kappa shape index (κ2) is 15.6. The summed E-state index contributed by atoms with van der Waals surface area (Å²) in [5, 5.41) is 12.6. The molecule has 6 aromatic carbocycles. The highest BCUT2D eigenvalue weighted by molar-refractivity contribution is 7.79. The van der Waals surface area contributed by atoms with Crippen molar-refractivity contribution in [3.63, 3.8) is 0 Å². The lowest BCUT2D eigenvalue weighted by Gasteiger charge is -2.18. The summed E-state index contributed by atoms with van der Waals surface area (Å²) in [7, 11) is -0.446. The fourth-order valence-corrected chi connectivity index (χ4v) is 6.33. The molecule has 6 aromatic rings. The summed E-state index contributed by atoms with van der Waals surface area (Å²) in [4.78, 5) is 10.2. The third-order valence-electron chi connectivity index (χ3n) is 5.94. The lowest BCUT2D eigenvalue weighted by atomic mass is 10.1. The van der Waals surface area contributed by atoms with E-state index in [9.17, 15) is 4.79 Å². The minimum Gasteiger partial charge on any atom is -0.478 e. The lowest BCUT2D eigenvalue weighted by Crippen LogP contribution is -2.20. The lowest BCUT2D eigenvalue weighted by molar-refractivity contribution is 0.0697. The van der Waals surface area contributed by atoms with E-state index in [-0.39, 0.29) is 0 Å². The van der Waals surface area contributed by atoms with E-state index in [1.54, 1.807) is 30.3 Å². The molecular weight excluding hydrogens is 507 g/mol. The number of carboxylic acids is 1. The average molecular weight is 539 g/mol. The van der Waals surface area contributed by atoms with Gasteiger partial charge in [0.25, 0.3) is 0 Å². The topological polar surface area (TPSA) is 37.3 Å². The third-order valence-corrected chi connectivity index (χ3v) is 8.39. The molecule has 0 fully saturated rings.